The lowest BCUT2D eigenvalue weighted by Crippen LogP contribution is -2.53. The summed E-state index contributed by atoms with van der Waals surface area (Å²) in [6.07, 6.45) is 2.60. The first kappa shape index (κ1) is 20.6. The minimum Gasteiger partial charge on any atom is -0.379 e. The monoisotopic (exact) mass is 402 g/mol. The third-order valence-electron chi connectivity index (χ3n) is 6.04. The first-order valence-corrected chi connectivity index (χ1v) is 10.9. The lowest BCUT2D eigenvalue weighted by atomic mass is 10.1. The van der Waals surface area contributed by atoms with Crippen molar-refractivity contribution >= 4 is 5.96 Å². The normalized spacial score (nSPS) is 26.7. The van der Waals surface area contributed by atoms with Gasteiger partial charge in [0.2, 0.25) is 0 Å². The Kier molecular flexibility index (Phi) is 7.38. The average molecular weight is 403 g/mol. The summed E-state index contributed by atoms with van der Waals surface area (Å²) in [5.41, 5.74) is 2.70. The quantitative estimate of drug-likeness (QED) is 0.595. The van der Waals surface area contributed by atoms with Gasteiger partial charge in [-0.15, -0.1) is 0 Å². The van der Waals surface area contributed by atoms with Crippen molar-refractivity contribution in [2.45, 2.75) is 38.1 Å². The Labute approximate surface area is 174 Å². The predicted molar refractivity (Wildman–Crippen MR) is 113 cm³/mol. The number of hydrogen-bond donors (Lipinski definition) is 1. The third-order valence-corrected chi connectivity index (χ3v) is 6.04. The van der Waals surface area contributed by atoms with Gasteiger partial charge in [0.1, 0.15) is 6.10 Å². The summed E-state index contributed by atoms with van der Waals surface area (Å²) >= 11 is 0. The molecule has 0 saturated carbocycles. The summed E-state index contributed by atoms with van der Waals surface area (Å²) in [6, 6.07) is 8.69. The van der Waals surface area contributed by atoms with Gasteiger partial charge in [-0.25, -0.2) is 0 Å². The fourth-order valence-corrected chi connectivity index (χ4v) is 4.38. The van der Waals surface area contributed by atoms with Gasteiger partial charge in [0.15, 0.2) is 5.96 Å². The molecular weight excluding hydrogens is 368 g/mol. The molecule has 0 radical (unpaired) electrons. The van der Waals surface area contributed by atoms with Crippen molar-refractivity contribution in [1.29, 1.82) is 0 Å². The van der Waals surface area contributed by atoms with E-state index in [1.165, 1.54) is 11.1 Å². The molecule has 0 aromatic heterocycles. The number of morpholine rings is 2. The zero-order valence-electron chi connectivity index (χ0n) is 17.5. The Morgan fingerprint density at radius 2 is 1.83 bits per heavy atom. The van der Waals surface area contributed by atoms with E-state index in [1.807, 2.05) is 7.05 Å². The van der Waals surface area contributed by atoms with Gasteiger partial charge in [0.25, 0.3) is 0 Å². The van der Waals surface area contributed by atoms with E-state index in [4.69, 9.17) is 14.2 Å². The highest BCUT2D eigenvalue weighted by Crippen LogP contribution is 2.21. The van der Waals surface area contributed by atoms with Gasteiger partial charge < -0.3 is 24.4 Å². The smallest absolute Gasteiger partial charge is 0.194 e. The van der Waals surface area contributed by atoms with Crippen LogP contribution in [0.25, 0.3) is 0 Å². The maximum Gasteiger partial charge on any atom is 0.194 e. The minimum absolute atomic E-state index is 0.137. The number of guanidine groups is 1. The summed E-state index contributed by atoms with van der Waals surface area (Å²) in [6.45, 7) is 8.68. The van der Waals surface area contributed by atoms with Crippen molar-refractivity contribution in [3.05, 3.63) is 35.4 Å². The van der Waals surface area contributed by atoms with Crippen molar-refractivity contribution in [3.63, 3.8) is 0 Å². The topological polar surface area (TPSA) is 58.6 Å². The van der Waals surface area contributed by atoms with Crippen LogP contribution in [0.4, 0.5) is 0 Å². The maximum absolute atomic E-state index is 5.99. The second kappa shape index (κ2) is 10.4. The van der Waals surface area contributed by atoms with Crippen molar-refractivity contribution in [1.82, 2.24) is 15.1 Å². The Morgan fingerprint density at radius 3 is 2.59 bits per heavy atom. The molecule has 29 heavy (non-hydrogen) atoms. The van der Waals surface area contributed by atoms with Crippen LogP contribution in [0.1, 0.15) is 24.0 Å². The molecule has 160 valence electrons. The Bertz CT molecular complexity index is 672. The summed E-state index contributed by atoms with van der Waals surface area (Å²) in [5.74, 6) is 0.942. The van der Waals surface area contributed by atoms with E-state index in [0.29, 0.717) is 0 Å². The maximum atomic E-state index is 5.99. The molecule has 3 saturated heterocycles. The summed E-state index contributed by atoms with van der Waals surface area (Å²) in [4.78, 5) is 9.31. The molecule has 3 heterocycles. The van der Waals surface area contributed by atoms with Crippen molar-refractivity contribution < 1.29 is 14.2 Å². The zero-order valence-corrected chi connectivity index (χ0v) is 17.5. The lowest BCUT2D eigenvalue weighted by Gasteiger charge is -2.37. The third kappa shape index (κ3) is 5.48. The average Bonchev–Trinajstić information content (AvgIpc) is 3.31. The molecule has 0 spiro atoms. The highest BCUT2D eigenvalue weighted by atomic mass is 16.5. The van der Waals surface area contributed by atoms with Gasteiger partial charge in [-0.05, 0) is 24.0 Å². The molecule has 1 N–H and O–H groups in total. The fourth-order valence-electron chi connectivity index (χ4n) is 4.38. The molecule has 1 aromatic carbocycles. The highest BCUT2D eigenvalue weighted by Gasteiger charge is 2.32. The molecule has 2 atom stereocenters. The van der Waals surface area contributed by atoms with E-state index in [2.05, 4.69) is 44.4 Å². The van der Waals surface area contributed by atoms with E-state index in [9.17, 15) is 0 Å². The van der Waals surface area contributed by atoms with Crippen molar-refractivity contribution in [3.8, 4) is 0 Å². The molecule has 0 aliphatic carbocycles. The molecule has 0 bridgehead atoms. The number of nitrogens with one attached hydrogen (secondary N) is 1. The van der Waals surface area contributed by atoms with Crippen LogP contribution < -0.4 is 5.32 Å². The van der Waals surface area contributed by atoms with Gasteiger partial charge >= 0.3 is 0 Å². The van der Waals surface area contributed by atoms with E-state index in [1.54, 1.807) is 0 Å². The summed E-state index contributed by atoms with van der Waals surface area (Å²) in [7, 11) is 1.86. The molecule has 2 unspecified atom stereocenters. The van der Waals surface area contributed by atoms with Crippen LogP contribution in [0.5, 0.6) is 0 Å². The van der Waals surface area contributed by atoms with Gasteiger partial charge in [-0.3, -0.25) is 9.89 Å². The SMILES string of the molecule is CN=C(NCc1ccccc1CN1CCOCC1)N1CCOC(C2CCCO2)C1. The Balaban J connectivity index is 1.34. The van der Waals surface area contributed by atoms with Crippen LogP contribution in [0, 0.1) is 0 Å². The van der Waals surface area contributed by atoms with Crippen LogP contribution in [-0.2, 0) is 27.3 Å². The molecule has 0 amide bonds. The molecule has 3 aliphatic heterocycles. The fraction of sp³-hybridized carbons (Fsp3) is 0.682. The largest absolute Gasteiger partial charge is 0.379 e. The lowest BCUT2D eigenvalue weighted by molar-refractivity contribution is -0.0817. The number of hydrogen-bond acceptors (Lipinski definition) is 5. The zero-order chi connectivity index (χ0) is 19.9. The van der Waals surface area contributed by atoms with Crippen molar-refractivity contribution in [2.75, 3.05) is 59.7 Å². The molecular formula is C22H34N4O3. The summed E-state index contributed by atoms with van der Waals surface area (Å²) < 4.78 is 17.3. The molecule has 4 rings (SSSR count). The number of aliphatic imine (C=N–C) groups is 1. The molecule has 7 heteroatoms. The van der Waals surface area contributed by atoms with E-state index in [-0.39, 0.29) is 12.2 Å². The van der Waals surface area contributed by atoms with Crippen LogP contribution in [-0.4, -0.2) is 87.6 Å². The number of nitrogens with zero attached hydrogens (tertiary/aromatic N) is 3. The number of ether oxygens (including phenoxy) is 3. The molecule has 7 nitrogen and oxygen atoms in total. The van der Waals surface area contributed by atoms with Gasteiger partial charge in [-0.1, -0.05) is 24.3 Å². The minimum atomic E-state index is 0.137. The van der Waals surface area contributed by atoms with Crippen LogP contribution in [0.2, 0.25) is 0 Å². The van der Waals surface area contributed by atoms with Crippen molar-refractivity contribution in [2.24, 2.45) is 4.99 Å². The van der Waals surface area contributed by atoms with E-state index >= 15 is 0 Å². The second-order valence-corrected chi connectivity index (χ2v) is 7.96. The molecule has 1 aromatic rings. The molecule has 3 fully saturated rings. The second-order valence-electron chi connectivity index (χ2n) is 7.96. The predicted octanol–water partition coefficient (Wildman–Crippen LogP) is 1.47. The van der Waals surface area contributed by atoms with Crippen LogP contribution in [0.3, 0.4) is 0 Å². The summed E-state index contributed by atoms with van der Waals surface area (Å²) in [5, 5.41) is 3.58. The van der Waals surface area contributed by atoms with Crippen LogP contribution >= 0.6 is 0 Å². The Morgan fingerprint density at radius 1 is 1.03 bits per heavy atom. The first-order valence-electron chi connectivity index (χ1n) is 10.9. The van der Waals surface area contributed by atoms with Gasteiger partial charge in [0.05, 0.1) is 25.9 Å². The molecule has 3 aliphatic rings. The standard InChI is InChI=1S/C22H34N4O3/c1-23-22(26-10-14-29-21(17-26)20-7-4-11-28-20)24-15-18-5-2-3-6-19(18)16-25-8-12-27-13-9-25/h2-3,5-6,20-21H,4,7-17H2,1H3,(H,23,24). The van der Waals surface area contributed by atoms with Gasteiger partial charge in [0, 0.05) is 52.9 Å². The van der Waals surface area contributed by atoms with E-state index in [0.717, 1.165) is 84.5 Å². The number of benzene rings is 1. The van der Waals surface area contributed by atoms with Crippen LogP contribution in [0.15, 0.2) is 29.3 Å². The first-order chi connectivity index (χ1) is 14.3. The highest BCUT2D eigenvalue weighted by molar-refractivity contribution is 5.80. The van der Waals surface area contributed by atoms with Gasteiger partial charge in [-0.2, -0.15) is 0 Å². The van der Waals surface area contributed by atoms with E-state index < -0.39 is 0 Å². The Hall–Kier alpha value is -1.67. The number of rotatable bonds is 5.